The lowest BCUT2D eigenvalue weighted by Gasteiger charge is -2.37. The molecule has 0 bridgehead atoms. The smallest absolute Gasteiger partial charge is 0.274 e. The zero-order valence-corrected chi connectivity index (χ0v) is 11.6. The zero-order valence-electron chi connectivity index (χ0n) is 11.6. The van der Waals surface area contributed by atoms with E-state index in [1.54, 1.807) is 9.58 Å². The number of amides is 2. The van der Waals surface area contributed by atoms with E-state index in [1.807, 2.05) is 11.8 Å². The molecule has 2 saturated heterocycles. The number of nitrogen functional groups attached to an aromatic ring is 1. The third kappa shape index (κ3) is 1.93. The van der Waals surface area contributed by atoms with Crippen LogP contribution < -0.4 is 5.73 Å². The highest BCUT2D eigenvalue weighted by Crippen LogP contribution is 2.24. The Balaban J connectivity index is 1.78. The van der Waals surface area contributed by atoms with Crippen LogP contribution in [0.5, 0.6) is 0 Å². The van der Waals surface area contributed by atoms with Crippen molar-refractivity contribution in [2.24, 2.45) is 0 Å². The number of hydrogen-bond acceptors (Lipinski definition) is 4. The Labute approximate surface area is 117 Å². The second-order valence-electron chi connectivity index (χ2n) is 5.30. The summed E-state index contributed by atoms with van der Waals surface area (Å²) in [5.41, 5.74) is 6.74. The van der Waals surface area contributed by atoms with Crippen molar-refractivity contribution in [1.29, 1.82) is 0 Å². The molecule has 7 heteroatoms. The van der Waals surface area contributed by atoms with Gasteiger partial charge in [-0.2, -0.15) is 5.10 Å². The van der Waals surface area contributed by atoms with Crippen LogP contribution >= 0.6 is 0 Å². The SMILES string of the molecule is CCn1ncc(N)c1C(=O)N1CCN2C(=O)CCC2C1. The van der Waals surface area contributed by atoms with Gasteiger partial charge in [-0.15, -0.1) is 0 Å². The molecule has 0 saturated carbocycles. The summed E-state index contributed by atoms with van der Waals surface area (Å²) in [6, 6.07) is 0.166. The lowest BCUT2D eigenvalue weighted by molar-refractivity contribution is -0.130. The molecule has 1 aromatic rings. The van der Waals surface area contributed by atoms with Gasteiger partial charge in [0.25, 0.3) is 5.91 Å². The monoisotopic (exact) mass is 277 g/mol. The highest BCUT2D eigenvalue weighted by Gasteiger charge is 2.37. The summed E-state index contributed by atoms with van der Waals surface area (Å²) in [4.78, 5) is 28.0. The number of hydrogen-bond donors (Lipinski definition) is 1. The van der Waals surface area contributed by atoms with Crippen LogP contribution in [-0.2, 0) is 11.3 Å². The van der Waals surface area contributed by atoms with Crippen LogP contribution in [0.15, 0.2) is 6.20 Å². The molecule has 1 unspecified atom stereocenters. The lowest BCUT2D eigenvalue weighted by atomic mass is 10.1. The fourth-order valence-corrected chi connectivity index (χ4v) is 3.07. The first-order chi connectivity index (χ1) is 9.61. The number of anilines is 1. The van der Waals surface area contributed by atoms with Crippen molar-refractivity contribution in [1.82, 2.24) is 19.6 Å². The van der Waals surface area contributed by atoms with E-state index in [1.165, 1.54) is 6.20 Å². The van der Waals surface area contributed by atoms with E-state index in [0.717, 1.165) is 6.42 Å². The third-order valence-corrected chi connectivity index (χ3v) is 4.15. The van der Waals surface area contributed by atoms with Gasteiger partial charge in [0.05, 0.1) is 11.9 Å². The van der Waals surface area contributed by atoms with E-state index in [0.29, 0.717) is 44.0 Å². The molecule has 1 aromatic heterocycles. The van der Waals surface area contributed by atoms with Gasteiger partial charge in [-0.05, 0) is 13.3 Å². The zero-order chi connectivity index (χ0) is 14.3. The molecule has 0 radical (unpaired) electrons. The van der Waals surface area contributed by atoms with Gasteiger partial charge in [0.2, 0.25) is 5.91 Å². The van der Waals surface area contributed by atoms with Gasteiger partial charge in [0, 0.05) is 38.6 Å². The number of rotatable bonds is 2. The van der Waals surface area contributed by atoms with E-state index in [2.05, 4.69) is 5.10 Å². The van der Waals surface area contributed by atoms with Crippen LogP contribution in [0, 0.1) is 0 Å². The summed E-state index contributed by atoms with van der Waals surface area (Å²) in [5, 5.41) is 4.11. The van der Waals surface area contributed by atoms with Crippen molar-refractivity contribution in [2.75, 3.05) is 25.4 Å². The Bertz CT molecular complexity index is 553. The van der Waals surface area contributed by atoms with Crippen LogP contribution in [-0.4, -0.2) is 57.1 Å². The summed E-state index contributed by atoms with van der Waals surface area (Å²) in [6.07, 6.45) is 2.96. The molecule has 20 heavy (non-hydrogen) atoms. The average molecular weight is 277 g/mol. The Morgan fingerprint density at radius 1 is 1.50 bits per heavy atom. The van der Waals surface area contributed by atoms with Crippen molar-refractivity contribution >= 4 is 17.5 Å². The van der Waals surface area contributed by atoms with Crippen LogP contribution in [0.2, 0.25) is 0 Å². The van der Waals surface area contributed by atoms with Gasteiger partial charge in [-0.3, -0.25) is 14.3 Å². The molecule has 2 amide bonds. The maximum Gasteiger partial charge on any atom is 0.274 e. The fourth-order valence-electron chi connectivity index (χ4n) is 3.07. The normalized spacial score (nSPS) is 22.2. The van der Waals surface area contributed by atoms with Crippen molar-refractivity contribution < 1.29 is 9.59 Å². The number of piperazine rings is 1. The first-order valence-corrected chi connectivity index (χ1v) is 7.01. The second kappa shape index (κ2) is 4.81. The second-order valence-corrected chi connectivity index (χ2v) is 5.30. The predicted molar refractivity (Wildman–Crippen MR) is 73.0 cm³/mol. The van der Waals surface area contributed by atoms with Gasteiger partial charge in [-0.25, -0.2) is 0 Å². The molecule has 1 atom stereocenters. The van der Waals surface area contributed by atoms with Crippen molar-refractivity contribution in [3.8, 4) is 0 Å². The minimum Gasteiger partial charge on any atom is -0.396 e. The molecular weight excluding hydrogens is 258 g/mol. The summed E-state index contributed by atoms with van der Waals surface area (Å²) in [5.74, 6) is 0.126. The number of carbonyl (C=O) groups excluding carboxylic acids is 2. The van der Waals surface area contributed by atoms with Crippen LogP contribution in [0.25, 0.3) is 0 Å². The number of nitrogens with two attached hydrogens (primary N) is 1. The minimum atomic E-state index is -0.0825. The number of aromatic nitrogens is 2. The van der Waals surface area contributed by atoms with E-state index in [4.69, 9.17) is 5.73 Å². The Morgan fingerprint density at radius 2 is 2.30 bits per heavy atom. The van der Waals surface area contributed by atoms with Crippen molar-refractivity contribution in [2.45, 2.75) is 32.4 Å². The number of aryl methyl sites for hydroxylation is 1. The molecule has 3 rings (SSSR count). The van der Waals surface area contributed by atoms with Crippen molar-refractivity contribution in [3.05, 3.63) is 11.9 Å². The topological polar surface area (TPSA) is 84.5 Å². The van der Waals surface area contributed by atoms with E-state index in [-0.39, 0.29) is 17.9 Å². The predicted octanol–water partition coefficient (Wildman–Crippen LogP) is -0.0680. The molecule has 0 spiro atoms. The van der Waals surface area contributed by atoms with Crippen molar-refractivity contribution in [3.63, 3.8) is 0 Å². The molecular formula is C13H19N5O2. The van der Waals surface area contributed by atoms with Crippen LogP contribution in [0.4, 0.5) is 5.69 Å². The van der Waals surface area contributed by atoms with Gasteiger partial charge in [-0.1, -0.05) is 0 Å². The third-order valence-electron chi connectivity index (χ3n) is 4.15. The summed E-state index contributed by atoms with van der Waals surface area (Å²) >= 11 is 0. The number of fused-ring (bicyclic) bond motifs is 1. The first kappa shape index (κ1) is 13.0. The van der Waals surface area contributed by atoms with E-state index < -0.39 is 0 Å². The summed E-state index contributed by atoms with van der Waals surface area (Å²) < 4.78 is 1.63. The van der Waals surface area contributed by atoms with Crippen LogP contribution in [0.1, 0.15) is 30.3 Å². The average Bonchev–Trinajstić information content (AvgIpc) is 3.01. The molecule has 2 N–H and O–H groups in total. The highest BCUT2D eigenvalue weighted by atomic mass is 16.2. The summed E-state index contributed by atoms with van der Waals surface area (Å²) in [7, 11) is 0. The maximum absolute atomic E-state index is 12.6. The first-order valence-electron chi connectivity index (χ1n) is 7.01. The molecule has 2 aliphatic heterocycles. The molecule has 2 fully saturated rings. The highest BCUT2D eigenvalue weighted by molar-refractivity contribution is 5.97. The van der Waals surface area contributed by atoms with Gasteiger partial charge < -0.3 is 15.5 Å². The Kier molecular flexibility index (Phi) is 3.11. The van der Waals surface area contributed by atoms with Gasteiger partial charge in [0.1, 0.15) is 5.69 Å². The maximum atomic E-state index is 12.6. The Hall–Kier alpha value is -2.05. The van der Waals surface area contributed by atoms with E-state index in [9.17, 15) is 9.59 Å². The minimum absolute atomic E-state index is 0.0825. The fraction of sp³-hybridized carbons (Fsp3) is 0.615. The Morgan fingerprint density at radius 3 is 3.05 bits per heavy atom. The number of carbonyl (C=O) groups is 2. The summed E-state index contributed by atoms with van der Waals surface area (Å²) in [6.45, 7) is 4.32. The van der Waals surface area contributed by atoms with Crippen LogP contribution in [0.3, 0.4) is 0 Å². The van der Waals surface area contributed by atoms with Gasteiger partial charge >= 0.3 is 0 Å². The molecule has 0 aromatic carbocycles. The van der Waals surface area contributed by atoms with E-state index >= 15 is 0 Å². The molecule has 108 valence electrons. The lowest BCUT2D eigenvalue weighted by Crippen LogP contribution is -2.53. The largest absolute Gasteiger partial charge is 0.396 e. The molecule has 0 aliphatic carbocycles. The quantitative estimate of drug-likeness (QED) is 0.820. The molecule has 7 nitrogen and oxygen atoms in total. The molecule has 3 heterocycles. The standard InChI is InChI=1S/C13H19N5O2/c1-2-18-12(10(14)7-15-18)13(20)16-5-6-17-9(8-16)3-4-11(17)19/h7,9H,2-6,8,14H2,1H3. The van der Waals surface area contributed by atoms with Gasteiger partial charge in [0.15, 0.2) is 0 Å². The molecule has 2 aliphatic rings. The number of nitrogens with zero attached hydrogens (tertiary/aromatic N) is 4.